The molecule has 16 heavy (non-hydrogen) atoms. The quantitative estimate of drug-likeness (QED) is 0.886. The number of nitrogens with two attached hydrogens (primary N) is 1. The first kappa shape index (κ1) is 11.7. The topological polar surface area (TPSA) is 35.2 Å². The van der Waals surface area contributed by atoms with E-state index < -0.39 is 5.82 Å². The molecule has 88 valence electrons. The predicted molar refractivity (Wildman–Crippen MR) is 62.5 cm³/mol. The van der Waals surface area contributed by atoms with Crippen molar-refractivity contribution < 1.29 is 9.13 Å². The minimum Gasteiger partial charge on any atom is -0.496 e. The van der Waals surface area contributed by atoms with Gasteiger partial charge in [0.2, 0.25) is 0 Å². The number of halogens is 2. The van der Waals surface area contributed by atoms with Crippen molar-refractivity contribution >= 4 is 11.6 Å². The van der Waals surface area contributed by atoms with Crippen molar-refractivity contribution in [3.05, 3.63) is 28.5 Å². The van der Waals surface area contributed by atoms with Crippen LogP contribution in [0.5, 0.6) is 5.75 Å². The number of benzene rings is 1. The van der Waals surface area contributed by atoms with Crippen molar-refractivity contribution in [3.63, 3.8) is 0 Å². The van der Waals surface area contributed by atoms with Crippen LogP contribution in [0.1, 0.15) is 25.3 Å². The van der Waals surface area contributed by atoms with Crippen LogP contribution in [-0.2, 0) is 5.41 Å². The third kappa shape index (κ3) is 1.59. The molecule has 1 fully saturated rings. The van der Waals surface area contributed by atoms with Crippen LogP contribution in [0.25, 0.3) is 0 Å². The van der Waals surface area contributed by atoms with Gasteiger partial charge in [0, 0.05) is 17.0 Å². The summed E-state index contributed by atoms with van der Waals surface area (Å²) in [7, 11) is 1.53. The summed E-state index contributed by atoms with van der Waals surface area (Å²) in [6, 6.07) is 3.11. The van der Waals surface area contributed by atoms with Crippen molar-refractivity contribution in [2.75, 3.05) is 7.11 Å². The monoisotopic (exact) mass is 243 g/mol. The second kappa shape index (κ2) is 3.90. The van der Waals surface area contributed by atoms with Gasteiger partial charge in [-0.15, -0.1) is 0 Å². The Morgan fingerprint density at radius 3 is 2.56 bits per heavy atom. The average molecular weight is 244 g/mol. The molecule has 0 radical (unpaired) electrons. The minimum absolute atomic E-state index is 0.102. The molecule has 0 saturated heterocycles. The molecule has 0 bridgehead atoms. The molecule has 1 aliphatic rings. The summed E-state index contributed by atoms with van der Waals surface area (Å²) < 4.78 is 19.3. The van der Waals surface area contributed by atoms with E-state index in [9.17, 15) is 4.39 Å². The van der Waals surface area contributed by atoms with Gasteiger partial charge < -0.3 is 10.5 Å². The summed E-state index contributed by atoms with van der Waals surface area (Å²) in [6.45, 7) is 1.90. The number of ether oxygens (including phenoxy) is 1. The molecule has 1 aromatic carbocycles. The molecule has 1 saturated carbocycles. The van der Waals surface area contributed by atoms with E-state index >= 15 is 0 Å². The summed E-state index contributed by atoms with van der Waals surface area (Å²) in [6.07, 6.45) is 1.77. The molecule has 0 amide bonds. The van der Waals surface area contributed by atoms with Gasteiger partial charge in [0.25, 0.3) is 0 Å². The molecule has 1 aromatic rings. The Bertz CT molecular complexity index is 416. The number of hydrogen-bond donors (Lipinski definition) is 1. The van der Waals surface area contributed by atoms with E-state index in [0.29, 0.717) is 11.3 Å². The maximum Gasteiger partial charge on any atom is 0.149 e. The van der Waals surface area contributed by atoms with Gasteiger partial charge >= 0.3 is 0 Å². The lowest BCUT2D eigenvalue weighted by Crippen LogP contribution is -2.32. The third-order valence-corrected chi connectivity index (χ3v) is 3.73. The van der Waals surface area contributed by atoms with E-state index in [2.05, 4.69) is 0 Å². The molecule has 2 N–H and O–H groups in total. The Morgan fingerprint density at radius 2 is 2.12 bits per heavy atom. The van der Waals surface area contributed by atoms with Gasteiger partial charge in [-0.1, -0.05) is 11.6 Å². The Kier molecular flexibility index (Phi) is 2.84. The zero-order valence-electron chi connectivity index (χ0n) is 9.39. The Morgan fingerprint density at radius 1 is 1.50 bits per heavy atom. The highest BCUT2D eigenvalue weighted by Gasteiger charge is 2.51. The summed E-state index contributed by atoms with van der Waals surface area (Å²) in [5.74, 6) is 0.146. The Balaban J connectivity index is 2.58. The van der Waals surface area contributed by atoms with Gasteiger partial charge in [0.1, 0.15) is 11.6 Å². The number of hydrogen-bond acceptors (Lipinski definition) is 2. The van der Waals surface area contributed by atoms with Crippen molar-refractivity contribution in [1.82, 2.24) is 0 Å². The second-order valence-corrected chi connectivity index (χ2v) is 4.79. The highest BCUT2D eigenvalue weighted by molar-refractivity contribution is 6.30. The van der Waals surface area contributed by atoms with Crippen LogP contribution in [0.15, 0.2) is 12.1 Å². The SMILES string of the molecule is COc1ccc(Cl)c(F)c1C1(C(C)N)CC1. The van der Waals surface area contributed by atoms with Crippen LogP contribution in [0.3, 0.4) is 0 Å². The van der Waals surface area contributed by atoms with E-state index in [1.54, 1.807) is 6.07 Å². The molecule has 1 aliphatic carbocycles. The lowest BCUT2D eigenvalue weighted by atomic mass is 9.88. The molecule has 2 nitrogen and oxygen atoms in total. The highest BCUT2D eigenvalue weighted by Crippen LogP contribution is 2.54. The van der Waals surface area contributed by atoms with Gasteiger partial charge in [0.05, 0.1) is 12.1 Å². The Hall–Kier alpha value is -0.800. The molecule has 0 aliphatic heterocycles. The summed E-state index contributed by atoms with van der Waals surface area (Å²) >= 11 is 5.81. The fourth-order valence-corrected chi connectivity index (χ4v) is 2.39. The van der Waals surface area contributed by atoms with Gasteiger partial charge in [-0.2, -0.15) is 0 Å². The molecule has 1 unspecified atom stereocenters. The summed E-state index contributed by atoms with van der Waals surface area (Å²) in [4.78, 5) is 0. The normalized spacial score (nSPS) is 19.3. The molecule has 0 aromatic heterocycles. The smallest absolute Gasteiger partial charge is 0.149 e. The first-order valence-electron chi connectivity index (χ1n) is 5.31. The van der Waals surface area contributed by atoms with E-state index in [1.165, 1.54) is 13.2 Å². The van der Waals surface area contributed by atoms with Crippen LogP contribution in [0.4, 0.5) is 4.39 Å². The van der Waals surface area contributed by atoms with Crippen LogP contribution < -0.4 is 10.5 Å². The molecule has 0 heterocycles. The molecule has 2 rings (SSSR count). The van der Waals surface area contributed by atoms with E-state index in [-0.39, 0.29) is 16.5 Å². The molecule has 4 heteroatoms. The maximum atomic E-state index is 14.1. The number of rotatable bonds is 3. The van der Waals surface area contributed by atoms with Crippen LogP contribution in [0.2, 0.25) is 5.02 Å². The fraction of sp³-hybridized carbons (Fsp3) is 0.500. The van der Waals surface area contributed by atoms with Gasteiger partial charge in [-0.3, -0.25) is 0 Å². The van der Waals surface area contributed by atoms with E-state index in [1.807, 2.05) is 6.92 Å². The number of methoxy groups -OCH3 is 1. The standard InChI is InChI=1S/C12H15ClFNO/c1-7(15)12(5-6-12)10-9(16-2)4-3-8(13)11(10)14/h3-4,7H,5-6,15H2,1-2H3. The lowest BCUT2D eigenvalue weighted by Gasteiger charge is -2.23. The summed E-state index contributed by atoms with van der Waals surface area (Å²) in [5.41, 5.74) is 6.19. The fourth-order valence-electron chi connectivity index (χ4n) is 2.23. The zero-order chi connectivity index (χ0) is 11.9. The van der Waals surface area contributed by atoms with Crippen LogP contribution in [0, 0.1) is 5.82 Å². The predicted octanol–water partition coefficient (Wildman–Crippen LogP) is 2.87. The zero-order valence-corrected chi connectivity index (χ0v) is 10.1. The third-order valence-electron chi connectivity index (χ3n) is 3.43. The molecular formula is C12H15ClFNO. The van der Waals surface area contributed by atoms with Gasteiger partial charge in [-0.25, -0.2) is 4.39 Å². The van der Waals surface area contributed by atoms with Crippen molar-refractivity contribution in [2.45, 2.75) is 31.2 Å². The summed E-state index contributed by atoms with van der Waals surface area (Å²) in [5, 5.41) is 0.128. The lowest BCUT2D eigenvalue weighted by molar-refractivity contribution is 0.389. The van der Waals surface area contributed by atoms with Crippen molar-refractivity contribution in [1.29, 1.82) is 0 Å². The van der Waals surface area contributed by atoms with Crippen molar-refractivity contribution in [2.24, 2.45) is 5.73 Å². The average Bonchev–Trinajstić information content (AvgIpc) is 3.03. The van der Waals surface area contributed by atoms with E-state index in [4.69, 9.17) is 22.1 Å². The molecule has 1 atom stereocenters. The first-order valence-corrected chi connectivity index (χ1v) is 5.69. The minimum atomic E-state index is -0.393. The van der Waals surface area contributed by atoms with Crippen LogP contribution >= 0.6 is 11.6 Å². The maximum absolute atomic E-state index is 14.1. The highest BCUT2D eigenvalue weighted by atomic mass is 35.5. The largest absolute Gasteiger partial charge is 0.496 e. The van der Waals surface area contributed by atoms with Crippen LogP contribution in [-0.4, -0.2) is 13.2 Å². The van der Waals surface area contributed by atoms with Crippen molar-refractivity contribution in [3.8, 4) is 5.75 Å². The molecule has 0 spiro atoms. The molecular weight excluding hydrogens is 229 g/mol. The van der Waals surface area contributed by atoms with Gasteiger partial charge in [0.15, 0.2) is 0 Å². The van der Waals surface area contributed by atoms with Gasteiger partial charge in [-0.05, 0) is 31.9 Å². The second-order valence-electron chi connectivity index (χ2n) is 4.38. The first-order chi connectivity index (χ1) is 7.53. The van der Waals surface area contributed by atoms with E-state index in [0.717, 1.165) is 12.8 Å². The Labute approximate surface area is 99.5 Å².